The number of carboxylic acid groups (broad SMARTS) is 1. The van der Waals surface area contributed by atoms with E-state index in [1.165, 1.54) is 12.1 Å². The minimum absolute atomic E-state index is 0.00552. The van der Waals surface area contributed by atoms with Gasteiger partial charge in [0.15, 0.2) is 5.11 Å². The quantitative estimate of drug-likeness (QED) is 0.216. The van der Waals surface area contributed by atoms with E-state index in [1.54, 1.807) is 43.0 Å². The van der Waals surface area contributed by atoms with Crippen molar-refractivity contribution in [2.45, 2.75) is 32.0 Å². The van der Waals surface area contributed by atoms with Gasteiger partial charge in [0.25, 0.3) is 5.91 Å². The molecule has 0 atom stereocenters. The summed E-state index contributed by atoms with van der Waals surface area (Å²) in [6.45, 7) is 5.92. The molecule has 2 aromatic carbocycles. The Morgan fingerprint density at radius 1 is 0.977 bits per heavy atom. The first-order valence-electron chi connectivity index (χ1n) is 13.6. The second kappa shape index (κ2) is 15.7. The molecule has 44 heavy (non-hydrogen) atoms. The average molecular weight is 638 g/mol. The molecule has 3 rings (SSSR count). The first-order valence-corrected chi connectivity index (χ1v) is 14.0. The van der Waals surface area contributed by atoms with E-state index in [-0.39, 0.29) is 24.0 Å². The molecule has 0 aliphatic carbocycles. The molecule has 15 heteroatoms. The number of amides is 2. The highest BCUT2D eigenvalue weighted by molar-refractivity contribution is 7.81. The number of nitrogens with one attached hydrogen (secondary N) is 1. The fraction of sp³-hybridized carbons (Fsp3) is 0.448. The molecule has 1 N–H and O–H groups in total. The molecular weight excluding hydrogens is 605 g/mol. The van der Waals surface area contributed by atoms with Crippen molar-refractivity contribution in [2.24, 2.45) is 0 Å². The third-order valence-electron chi connectivity index (χ3n) is 6.41. The Morgan fingerprint density at radius 3 is 2.16 bits per heavy atom. The Balaban J connectivity index is 1.45. The fourth-order valence-corrected chi connectivity index (χ4v) is 4.79. The van der Waals surface area contributed by atoms with Gasteiger partial charge in [-0.1, -0.05) is 0 Å². The van der Waals surface area contributed by atoms with Crippen LogP contribution < -0.4 is 25.0 Å². The lowest BCUT2D eigenvalue weighted by Crippen LogP contribution is -2.44. The summed E-state index contributed by atoms with van der Waals surface area (Å²) < 4.78 is 62.4. The van der Waals surface area contributed by atoms with E-state index in [2.05, 4.69) is 5.32 Å². The van der Waals surface area contributed by atoms with E-state index in [4.69, 9.17) is 36.4 Å². The second-order valence-electron chi connectivity index (χ2n) is 9.90. The summed E-state index contributed by atoms with van der Waals surface area (Å²) in [7, 11) is 0. The van der Waals surface area contributed by atoms with Crippen LogP contribution in [0.15, 0.2) is 42.5 Å². The number of hydrogen-bond donors (Lipinski definition) is 1. The number of carbonyl (C=O) groups excluding carboxylic acids is 2. The van der Waals surface area contributed by atoms with Gasteiger partial charge in [-0.3, -0.25) is 9.69 Å². The molecule has 0 spiro atoms. The molecule has 0 unspecified atom stereocenters. The molecule has 2 amide bonds. The third kappa shape index (κ3) is 9.02. The van der Waals surface area contributed by atoms with Gasteiger partial charge in [0.1, 0.15) is 17.4 Å². The SMILES string of the molecule is CC1(C)C(=O)N(c2ccc(C#N)c(C(F)(F)F)c2)C(=S)N1c1ccc(OCCCOCCOCCOCCNC(=O)[O-])cc1. The topological polar surface area (TPSA) is 136 Å². The number of carbonyl (C=O) groups is 2. The van der Waals surface area contributed by atoms with Crippen LogP contribution in [0, 0.1) is 11.3 Å². The standard InChI is InChI=1S/C29H33F3N4O7S/c1-28(2)25(37)35(22-5-4-20(19-33)24(18-22)29(30,31)32)27(44)36(28)21-6-8-23(9-7-21)43-12-3-11-40-14-16-42-17-15-41-13-10-34-26(38)39/h4-9,18,34H,3,10-17H2,1-2H3,(H,38,39)/p-1. The summed E-state index contributed by atoms with van der Waals surface area (Å²) in [5.74, 6) is 0.0581. The molecule has 2 aromatic rings. The first-order chi connectivity index (χ1) is 20.9. The van der Waals surface area contributed by atoms with Gasteiger partial charge >= 0.3 is 6.18 Å². The number of ether oxygens (including phenoxy) is 4. The van der Waals surface area contributed by atoms with Crippen molar-refractivity contribution >= 4 is 40.7 Å². The van der Waals surface area contributed by atoms with Crippen molar-refractivity contribution < 1.29 is 46.8 Å². The van der Waals surface area contributed by atoms with E-state index < -0.39 is 34.8 Å². The molecule has 238 valence electrons. The predicted molar refractivity (Wildman–Crippen MR) is 155 cm³/mol. The fourth-order valence-electron chi connectivity index (χ4n) is 4.27. The van der Waals surface area contributed by atoms with Crippen LogP contribution in [0.5, 0.6) is 5.75 Å². The van der Waals surface area contributed by atoms with E-state index in [9.17, 15) is 27.9 Å². The molecule has 0 saturated carbocycles. The second-order valence-corrected chi connectivity index (χ2v) is 10.3. The van der Waals surface area contributed by atoms with Crippen molar-refractivity contribution in [3.8, 4) is 11.8 Å². The first kappa shape index (κ1) is 34.5. The molecular formula is C29H32F3N4O7S-. The smallest absolute Gasteiger partial charge is 0.417 e. The molecule has 1 fully saturated rings. The van der Waals surface area contributed by atoms with Crippen LogP contribution in [0.3, 0.4) is 0 Å². The zero-order chi connectivity index (χ0) is 32.3. The maximum absolute atomic E-state index is 13.6. The summed E-state index contributed by atoms with van der Waals surface area (Å²) in [6.07, 6.45) is -5.51. The number of rotatable bonds is 16. The number of halogens is 3. The molecule has 0 aromatic heterocycles. The van der Waals surface area contributed by atoms with E-state index >= 15 is 0 Å². The average Bonchev–Trinajstić information content (AvgIpc) is 3.15. The van der Waals surface area contributed by atoms with Crippen LogP contribution in [-0.4, -0.2) is 75.4 Å². The van der Waals surface area contributed by atoms with Gasteiger partial charge in [-0.2, -0.15) is 18.4 Å². The number of hydrogen-bond acceptors (Lipinski definition) is 9. The summed E-state index contributed by atoms with van der Waals surface area (Å²) in [6, 6.07) is 11.4. The van der Waals surface area contributed by atoms with Crippen molar-refractivity contribution in [3.05, 3.63) is 53.6 Å². The van der Waals surface area contributed by atoms with E-state index in [0.29, 0.717) is 57.5 Å². The van der Waals surface area contributed by atoms with E-state index in [0.717, 1.165) is 17.0 Å². The van der Waals surface area contributed by atoms with E-state index in [1.807, 2.05) is 0 Å². The minimum atomic E-state index is -4.78. The Labute approximate surface area is 258 Å². The molecule has 0 radical (unpaired) electrons. The van der Waals surface area contributed by atoms with Crippen LogP contribution in [0.1, 0.15) is 31.4 Å². The van der Waals surface area contributed by atoms with Crippen LogP contribution in [0.25, 0.3) is 0 Å². The largest absolute Gasteiger partial charge is 0.530 e. The van der Waals surface area contributed by atoms with Gasteiger partial charge in [-0.05, 0) is 68.5 Å². The maximum atomic E-state index is 13.6. The van der Waals surface area contributed by atoms with Gasteiger partial charge in [0.05, 0.1) is 62.5 Å². The number of anilines is 2. The maximum Gasteiger partial charge on any atom is 0.417 e. The normalized spacial score (nSPS) is 14.5. The molecule has 1 saturated heterocycles. The van der Waals surface area contributed by atoms with Crippen molar-refractivity contribution in [1.29, 1.82) is 5.26 Å². The van der Waals surface area contributed by atoms with Gasteiger partial charge in [-0.15, -0.1) is 0 Å². The summed E-state index contributed by atoms with van der Waals surface area (Å²) in [4.78, 5) is 26.2. The van der Waals surface area contributed by atoms with Crippen LogP contribution in [0.4, 0.5) is 29.3 Å². The molecule has 0 bridgehead atoms. The molecule has 1 aliphatic rings. The van der Waals surface area contributed by atoms with Gasteiger partial charge in [-0.25, -0.2) is 0 Å². The Kier molecular flexibility index (Phi) is 12.3. The zero-order valence-corrected chi connectivity index (χ0v) is 25.0. The lowest BCUT2D eigenvalue weighted by Gasteiger charge is -2.29. The monoisotopic (exact) mass is 637 g/mol. The number of benzene rings is 2. The molecule has 11 nitrogen and oxygen atoms in total. The highest BCUT2D eigenvalue weighted by Crippen LogP contribution is 2.39. The molecule has 1 heterocycles. The van der Waals surface area contributed by atoms with Crippen LogP contribution in [-0.2, 0) is 25.2 Å². The molecule has 1 aliphatic heterocycles. The number of nitriles is 1. The summed E-state index contributed by atoms with van der Waals surface area (Å²) in [5, 5.41) is 21.4. The highest BCUT2D eigenvalue weighted by Gasteiger charge is 2.50. The van der Waals surface area contributed by atoms with Crippen molar-refractivity contribution in [1.82, 2.24) is 5.32 Å². The van der Waals surface area contributed by atoms with Crippen molar-refractivity contribution in [3.63, 3.8) is 0 Å². The summed E-state index contributed by atoms with van der Waals surface area (Å²) >= 11 is 5.56. The number of thiocarbonyl (C=S) groups is 1. The Morgan fingerprint density at radius 2 is 1.57 bits per heavy atom. The van der Waals surface area contributed by atoms with Crippen molar-refractivity contribution in [2.75, 3.05) is 62.6 Å². The van der Waals surface area contributed by atoms with Gasteiger partial charge < -0.3 is 39.1 Å². The van der Waals surface area contributed by atoms with Crippen LogP contribution in [0.2, 0.25) is 0 Å². The lowest BCUT2D eigenvalue weighted by atomic mass is 10.0. The Bertz CT molecular complexity index is 1350. The lowest BCUT2D eigenvalue weighted by molar-refractivity contribution is -0.250. The number of alkyl halides is 3. The zero-order valence-electron chi connectivity index (χ0n) is 24.1. The van der Waals surface area contributed by atoms with Gasteiger partial charge in [0, 0.05) is 25.3 Å². The van der Waals surface area contributed by atoms with Gasteiger partial charge in [0.2, 0.25) is 0 Å². The Hall–Kier alpha value is -3.97. The third-order valence-corrected chi connectivity index (χ3v) is 6.78. The number of nitrogens with zero attached hydrogens (tertiary/aromatic N) is 3. The summed E-state index contributed by atoms with van der Waals surface area (Å²) in [5.41, 5.74) is -2.42. The highest BCUT2D eigenvalue weighted by atomic mass is 32.1. The minimum Gasteiger partial charge on any atom is -0.530 e. The predicted octanol–water partition coefficient (Wildman–Crippen LogP) is 3.25. The van der Waals surface area contributed by atoms with Crippen LogP contribution >= 0.6 is 12.2 Å².